The Balaban J connectivity index is 1.98. The van der Waals surface area contributed by atoms with E-state index >= 15 is 0 Å². The molecule has 2 aliphatic heterocycles. The Labute approximate surface area is 168 Å². The number of ether oxygens (including phenoxy) is 4. The summed E-state index contributed by atoms with van der Waals surface area (Å²) in [7, 11) is 0. The van der Waals surface area contributed by atoms with Gasteiger partial charge in [0.1, 0.15) is 48.8 Å². The molecule has 0 radical (unpaired) electrons. The summed E-state index contributed by atoms with van der Waals surface area (Å²) >= 11 is 0. The van der Waals surface area contributed by atoms with E-state index in [-0.39, 0.29) is 6.61 Å². The fourth-order valence-corrected chi connectivity index (χ4v) is 3.32. The average molecular weight is 427 g/mol. The van der Waals surface area contributed by atoms with E-state index < -0.39 is 74.6 Å². The van der Waals surface area contributed by atoms with E-state index in [1.165, 1.54) is 0 Å². The molecule has 0 amide bonds. The Kier molecular flexibility index (Phi) is 10.1. The fourth-order valence-electron chi connectivity index (χ4n) is 3.32. The van der Waals surface area contributed by atoms with E-state index in [1.54, 1.807) is 0 Å². The van der Waals surface area contributed by atoms with Gasteiger partial charge < -0.3 is 60.4 Å². The quantitative estimate of drug-likeness (QED) is 0.156. The van der Waals surface area contributed by atoms with Crippen LogP contribution >= 0.6 is 0 Å². The van der Waals surface area contributed by atoms with Gasteiger partial charge in [-0.2, -0.15) is 0 Å². The molecular weight excluding hydrogens is 394 g/mol. The molecule has 2 aliphatic rings. The molecule has 0 bridgehead atoms. The fraction of sp³-hybridized carbons (Fsp3) is 1.00. The minimum absolute atomic E-state index is 0.255. The molecule has 2 fully saturated rings. The third-order valence-corrected chi connectivity index (χ3v) is 5.09. The first-order valence-corrected chi connectivity index (χ1v) is 9.75. The van der Waals surface area contributed by atoms with Gasteiger partial charge in [-0.05, 0) is 25.8 Å². The van der Waals surface area contributed by atoms with E-state index in [1.807, 2.05) is 0 Å². The molecule has 12 nitrogen and oxygen atoms in total. The first-order valence-electron chi connectivity index (χ1n) is 9.75. The Morgan fingerprint density at radius 3 is 1.93 bits per heavy atom. The summed E-state index contributed by atoms with van der Waals surface area (Å²) in [6.07, 6.45) is -12.1. The summed E-state index contributed by atoms with van der Waals surface area (Å²) in [5.41, 5.74) is 5.41. The standard InChI is InChI=1S/C17H33NO11/c18-4-2-1-3-5-26-16-14(25)12(23)15(9(7-20)28-16)29-17-13(24)11(22)10(21)8(6-19)27-17/h8-17,19-25H,1-7,18H2/t8?,9?,10-,11?,12?,13?,14?,15-,16-,17+/m1/s1. The molecule has 29 heavy (non-hydrogen) atoms. The van der Waals surface area contributed by atoms with Crippen molar-refractivity contribution < 1.29 is 54.7 Å². The zero-order valence-electron chi connectivity index (χ0n) is 16.1. The number of hydrogen-bond acceptors (Lipinski definition) is 12. The van der Waals surface area contributed by atoms with Crippen LogP contribution in [0.25, 0.3) is 0 Å². The van der Waals surface area contributed by atoms with Gasteiger partial charge in [0.25, 0.3) is 0 Å². The summed E-state index contributed by atoms with van der Waals surface area (Å²) in [4.78, 5) is 0. The van der Waals surface area contributed by atoms with Gasteiger partial charge in [0.15, 0.2) is 12.6 Å². The zero-order chi connectivity index (χ0) is 21.6. The molecule has 9 N–H and O–H groups in total. The van der Waals surface area contributed by atoms with Crippen molar-refractivity contribution in [3.05, 3.63) is 0 Å². The van der Waals surface area contributed by atoms with E-state index in [0.29, 0.717) is 13.0 Å². The van der Waals surface area contributed by atoms with E-state index in [0.717, 1.165) is 12.8 Å². The van der Waals surface area contributed by atoms with Crippen LogP contribution < -0.4 is 5.73 Å². The van der Waals surface area contributed by atoms with Crippen LogP contribution in [0.2, 0.25) is 0 Å². The lowest BCUT2D eigenvalue weighted by Gasteiger charge is -2.45. The molecule has 10 atom stereocenters. The first-order chi connectivity index (χ1) is 13.8. The highest BCUT2D eigenvalue weighted by atomic mass is 16.7. The molecule has 0 aromatic heterocycles. The van der Waals surface area contributed by atoms with Crippen LogP contribution in [0, 0.1) is 0 Å². The minimum atomic E-state index is -1.70. The predicted molar refractivity (Wildman–Crippen MR) is 95.3 cm³/mol. The topological polar surface area (TPSA) is 205 Å². The van der Waals surface area contributed by atoms with Crippen molar-refractivity contribution in [1.29, 1.82) is 0 Å². The molecule has 6 unspecified atom stereocenters. The van der Waals surface area contributed by atoms with Gasteiger partial charge in [0, 0.05) is 6.61 Å². The Hall–Kier alpha value is -0.480. The van der Waals surface area contributed by atoms with Gasteiger partial charge in [0.2, 0.25) is 0 Å². The number of aliphatic hydroxyl groups is 7. The van der Waals surface area contributed by atoms with Crippen LogP contribution in [0.15, 0.2) is 0 Å². The van der Waals surface area contributed by atoms with Crippen molar-refractivity contribution in [3.8, 4) is 0 Å². The molecule has 172 valence electrons. The number of hydrogen-bond donors (Lipinski definition) is 8. The molecule has 12 heteroatoms. The third kappa shape index (κ3) is 6.03. The predicted octanol–water partition coefficient (Wildman–Crippen LogP) is -4.24. The maximum absolute atomic E-state index is 10.4. The summed E-state index contributed by atoms with van der Waals surface area (Å²) in [5, 5.41) is 69.3. The van der Waals surface area contributed by atoms with Crippen molar-refractivity contribution in [2.45, 2.75) is 80.7 Å². The number of unbranched alkanes of at least 4 members (excludes halogenated alkanes) is 2. The number of rotatable bonds is 10. The molecule has 0 aliphatic carbocycles. The molecule has 0 spiro atoms. The lowest BCUT2D eigenvalue weighted by molar-refractivity contribution is -0.359. The smallest absolute Gasteiger partial charge is 0.187 e. The van der Waals surface area contributed by atoms with Crippen molar-refractivity contribution in [2.75, 3.05) is 26.4 Å². The summed E-state index contributed by atoms with van der Waals surface area (Å²) in [6, 6.07) is 0. The van der Waals surface area contributed by atoms with E-state index in [2.05, 4.69) is 0 Å². The maximum Gasteiger partial charge on any atom is 0.187 e. The summed E-state index contributed by atoms with van der Waals surface area (Å²) < 4.78 is 21.6. The Morgan fingerprint density at radius 1 is 0.690 bits per heavy atom. The van der Waals surface area contributed by atoms with Crippen LogP contribution in [0.5, 0.6) is 0 Å². The monoisotopic (exact) mass is 427 g/mol. The van der Waals surface area contributed by atoms with Gasteiger partial charge in [-0.15, -0.1) is 0 Å². The van der Waals surface area contributed by atoms with E-state index in [9.17, 15) is 35.7 Å². The van der Waals surface area contributed by atoms with Crippen molar-refractivity contribution in [1.82, 2.24) is 0 Å². The van der Waals surface area contributed by atoms with Crippen LogP contribution in [0.1, 0.15) is 19.3 Å². The Bertz CT molecular complexity index is 469. The number of aliphatic hydroxyl groups excluding tert-OH is 7. The van der Waals surface area contributed by atoms with E-state index in [4.69, 9.17) is 24.7 Å². The lowest BCUT2D eigenvalue weighted by Crippen LogP contribution is -2.64. The molecule has 2 heterocycles. The molecule has 2 saturated heterocycles. The highest BCUT2D eigenvalue weighted by molar-refractivity contribution is 4.94. The molecular formula is C17H33NO11. The second-order valence-corrected chi connectivity index (χ2v) is 7.22. The van der Waals surface area contributed by atoms with Crippen molar-refractivity contribution in [2.24, 2.45) is 5.73 Å². The van der Waals surface area contributed by atoms with Crippen LogP contribution in [-0.4, -0.2) is 124 Å². The zero-order valence-corrected chi connectivity index (χ0v) is 16.1. The Morgan fingerprint density at radius 2 is 1.31 bits per heavy atom. The third-order valence-electron chi connectivity index (χ3n) is 5.09. The number of nitrogens with two attached hydrogens (primary N) is 1. The maximum atomic E-state index is 10.4. The van der Waals surface area contributed by atoms with Crippen LogP contribution in [0.3, 0.4) is 0 Å². The molecule has 0 aromatic rings. The minimum Gasteiger partial charge on any atom is -0.394 e. The first kappa shape index (κ1) is 24.8. The lowest BCUT2D eigenvalue weighted by atomic mass is 9.97. The van der Waals surface area contributed by atoms with Crippen LogP contribution in [-0.2, 0) is 18.9 Å². The average Bonchev–Trinajstić information content (AvgIpc) is 2.72. The van der Waals surface area contributed by atoms with Crippen molar-refractivity contribution >= 4 is 0 Å². The van der Waals surface area contributed by atoms with Gasteiger partial charge in [0.05, 0.1) is 13.2 Å². The van der Waals surface area contributed by atoms with Gasteiger partial charge in [-0.1, -0.05) is 0 Å². The summed E-state index contributed by atoms with van der Waals surface area (Å²) in [5.74, 6) is 0. The molecule has 0 aromatic carbocycles. The SMILES string of the molecule is NCCCCCO[C@@H]1OC(CO)[C@@H](O[C@@H]2OC(CO)[C@@H](O)C(O)C2O)C(O)C1O. The molecule has 0 saturated carbocycles. The highest BCUT2D eigenvalue weighted by Crippen LogP contribution is 2.29. The largest absolute Gasteiger partial charge is 0.394 e. The second-order valence-electron chi connectivity index (χ2n) is 7.22. The van der Waals surface area contributed by atoms with Crippen molar-refractivity contribution in [3.63, 3.8) is 0 Å². The second kappa shape index (κ2) is 11.8. The van der Waals surface area contributed by atoms with Crippen LogP contribution in [0.4, 0.5) is 0 Å². The summed E-state index contributed by atoms with van der Waals surface area (Å²) in [6.45, 7) is -0.435. The normalized spacial score (nSPS) is 43.4. The van der Waals surface area contributed by atoms with Gasteiger partial charge in [-0.25, -0.2) is 0 Å². The van der Waals surface area contributed by atoms with Gasteiger partial charge >= 0.3 is 0 Å². The van der Waals surface area contributed by atoms with Gasteiger partial charge in [-0.3, -0.25) is 0 Å². The molecule has 2 rings (SSSR count). The highest BCUT2D eigenvalue weighted by Gasteiger charge is 2.50.